The molecule has 0 saturated carbocycles. The van der Waals surface area contributed by atoms with Crippen LogP contribution in [-0.4, -0.2) is 36.1 Å². The average molecular weight is 353 g/mol. The number of urea groups is 1. The molecule has 0 spiro atoms. The summed E-state index contributed by atoms with van der Waals surface area (Å²) in [7, 11) is 0. The predicted molar refractivity (Wildman–Crippen MR) is 98.6 cm³/mol. The van der Waals surface area contributed by atoms with Gasteiger partial charge in [0.05, 0.1) is 11.4 Å². The van der Waals surface area contributed by atoms with Crippen LogP contribution in [0.15, 0.2) is 48.5 Å². The Balaban J connectivity index is 1.88. The fourth-order valence-electron chi connectivity index (χ4n) is 2.91. The van der Waals surface area contributed by atoms with Crippen molar-refractivity contribution in [2.45, 2.75) is 13.3 Å². The molecule has 3 amide bonds. The number of amides is 3. The first-order valence-electron chi connectivity index (χ1n) is 8.28. The standard InChI is InChI=1S/C19H19N3O4/c1-2-13-6-5-7-14(10-13)20-19(26)22-11-17(23)21(12-18(24)25)15-8-3-4-9-16(15)22/h3-10H,2,11-12H2,1H3,(H,20,26)(H,24,25). The number of benzene rings is 2. The first-order valence-corrected chi connectivity index (χ1v) is 8.28. The molecule has 1 heterocycles. The van der Waals surface area contributed by atoms with Crippen LogP contribution < -0.4 is 15.1 Å². The number of para-hydroxylation sites is 2. The van der Waals surface area contributed by atoms with E-state index in [9.17, 15) is 14.4 Å². The van der Waals surface area contributed by atoms with E-state index < -0.39 is 24.5 Å². The highest BCUT2D eigenvalue weighted by molar-refractivity contribution is 6.14. The molecule has 1 aliphatic heterocycles. The average Bonchev–Trinajstić information content (AvgIpc) is 2.63. The SMILES string of the molecule is CCc1cccc(NC(=O)N2CC(=O)N(CC(=O)O)c3ccccc32)c1. The van der Waals surface area contributed by atoms with Crippen LogP contribution in [0.2, 0.25) is 0 Å². The van der Waals surface area contributed by atoms with Crippen LogP contribution in [0.4, 0.5) is 21.9 Å². The van der Waals surface area contributed by atoms with Gasteiger partial charge in [0.1, 0.15) is 13.1 Å². The lowest BCUT2D eigenvalue weighted by Crippen LogP contribution is -2.50. The fraction of sp³-hybridized carbons (Fsp3) is 0.211. The topological polar surface area (TPSA) is 90.0 Å². The van der Waals surface area contributed by atoms with Gasteiger partial charge in [-0.15, -0.1) is 0 Å². The number of nitrogens with one attached hydrogen (secondary N) is 1. The molecule has 2 N–H and O–H groups in total. The Kier molecular flexibility index (Phi) is 4.88. The highest BCUT2D eigenvalue weighted by Crippen LogP contribution is 2.33. The van der Waals surface area contributed by atoms with E-state index in [1.54, 1.807) is 30.3 Å². The van der Waals surface area contributed by atoms with Crippen molar-refractivity contribution >= 4 is 35.0 Å². The van der Waals surface area contributed by atoms with E-state index in [0.29, 0.717) is 17.1 Å². The number of aryl methyl sites for hydroxylation is 1. The summed E-state index contributed by atoms with van der Waals surface area (Å²) in [6.07, 6.45) is 0.846. The van der Waals surface area contributed by atoms with Crippen molar-refractivity contribution in [2.24, 2.45) is 0 Å². The highest BCUT2D eigenvalue weighted by atomic mass is 16.4. The van der Waals surface area contributed by atoms with Gasteiger partial charge >= 0.3 is 12.0 Å². The monoisotopic (exact) mass is 353 g/mol. The zero-order chi connectivity index (χ0) is 18.7. The Hall–Kier alpha value is -3.35. The van der Waals surface area contributed by atoms with E-state index in [0.717, 1.165) is 12.0 Å². The Morgan fingerprint density at radius 1 is 1.12 bits per heavy atom. The number of fused-ring (bicyclic) bond motifs is 1. The smallest absolute Gasteiger partial charge is 0.326 e. The number of hydrogen-bond donors (Lipinski definition) is 2. The summed E-state index contributed by atoms with van der Waals surface area (Å²) in [4.78, 5) is 38.7. The number of rotatable bonds is 4. The molecule has 7 heteroatoms. The zero-order valence-electron chi connectivity index (χ0n) is 14.3. The molecule has 2 aromatic carbocycles. The maximum absolute atomic E-state index is 12.7. The molecule has 0 atom stereocenters. The fourth-order valence-corrected chi connectivity index (χ4v) is 2.91. The third-order valence-corrected chi connectivity index (χ3v) is 4.18. The number of carbonyl (C=O) groups is 3. The molecule has 1 aliphatic rings. The number of carboxylic acids is 1. The summed E-state index contributed by atoms with van der Waals surface area (Å²) in [6, 6.07) is 13.8. The molecule has 0 unspecified atom stereocenters. The van der Waals surface area contributed by atoms with Crippen LogP contribution in [0.1, 0.15) is 12.5 Å². The van der Waals surface area contributed by atoms with Gasteiger partial charge < -0.3 is 10.4 Å². The molecular weight excluding hydrogens is 334 g/mol. The summed E-state index contributed by atoms with van der Waals surface area (Å²) in [5, 5.41) is 11.8. The van der Waals surface area contributed by atoms with Gasteiger partial charge in [0, 0.05) is 5.69 Å². The Labute approximate surface area is 150 Å². The molecule has 3 rings (SSSR count). The molecule has 26 heavy (non-hydrogen) atoms. The van der Waals surface area contributed by atoms with Gasteiger partial charge in [-0.2, -0.15) is 0 Å². The van der Waals surface area contributed by atoms with Crippen molar-refractivity contribution < 1.29 is 19.5 Å². The summed E-state index contributed by atoms with van der Waals surface area (Å²) >= 11 is 0. The molecule has 0 radical (unpaired) electrons. The number of hydrogen-bond acceptors (Lipinski definition) is 3. The summed E-state index contributed by atoms with van der Waals surface area (Å²) < 4.78 is 0. The van der Waals surface area contributed by atoms with E-state index in [2.05, 4.69) is 5.32 Å². The first kappa shape index (κ1) is 17.5. The number of anilines is 3. The van der Waals surface area contributed by atoms with Gasteiger partial charge in [-0.3, -0.25) is 19.4 Å². The second kappa shape index (κ2) is 7.26. The summed E-state index contributed by atoms with van der Waals surface area (Å²) in [6.45, 7) is 1.37. The van der Waals surface area contributed by atoms with Crippen molar-refractivity contribution in [3.63, 3.8) is 0 Å². The lowest BCUT2D eigenvalue weighted by molar-refractivity contribution is -0.136. The van der Waals surface area contributed by atoms with Crippen LogP contribution in [0.5, 0.6) is 0 Å². The molecule has 0 aliphatic carbocycles. The molecule has 0 fully saturated rings. The number of carboxylic acid groups (broad SMARTS) is 1. The Morgan fingerprint density at radius 3 is 2.54 bits per heavy atom. The van der Waals surface area contributed by atoms with Crippen LogP contribution >= 0.6 is 0 Å². The maximum atomic E-state index is 12.7. The molecular formula is C19H19N3O4. The highest BCUT2D eigenvalue weighted by Gasteiger charge is 2.33. The minimum Gasteiger partial charge on any atom is -0.480 e. The van der Waals surface area contributed by atoms with Crippen molar-refractivity contribution in [3.8, 4) is 0 Å². The molecule has 134 valence electrons. The molecule has 0 aromatic heterocycles. The lowest BCUT2D eigenvalue weighted by Gasteiger charge is -2.35. The normalized spacial score (nSPS) is 13.3. The minimum atomic E-state index is -1.11. The number of carbonyl (C=O) groups excluding carboxylic acids is 2. The van der Waals surface area contributed by atoms with E-state index in [1.807, 2.05) is 25.1 Å². The first-order chi connectivity index (χ1) is 12.5. The third kappa shape index (κ3) is 3.51. The van der Waals surface area contributed by atoms with Crippen molar-refractivity contribution in [1.82, 2.24) is 0 Å². The Morgan fingerprint density at radius 2 is 1.85 bits per heavy atom. The van der Waals surface area contributed by atoms with Gasteiger partial charge in [-0.05, 0) is 36.2 Å². The second-order valence-electron chi connectivity index (χ2n) is 5.93. The maximum Gasteiger partial charge on any atom is 0.326 e. The zero-order valence-corrected chi connectivity index (χ0v) is 14.3. The van der Waals surface area contributed by atoms with Crippen LogP contribution in [0, 0.1) is 0 Å². The number of nitrogens with zero attached hydrogens (tertiary/aromatic N) is 2. The second-order valence-corrected chi connectivity index (χ2v) is 5.93. The van der Waals surface area contributed by atoms with E-state index in [-0.39, 0.29) is 6.54 Å². The predicted octanol–water partition coefficient (Wildman–Crippen LogP) is 2.72. The van der Waals surface area contributed by atoms with Gasteiger partial charge in [0.15, 0.2) is 0 Å². The van der Waals surface area contributed by atoms with Crippen LogP contribution in [0.25, 0.3) is 0 Å². The van der Waals surface area contributed by atoms with Crippen molar-refractivity contribution in [3.05, 3.63) is 54.1 Å². The van der Waals surface area contributed by atoms with Crippen LogP contribution in [0.3, 0.4) is 0 Å². The van der Waals surface area contributed by atoms with Crippen LogP contribution in [-0.2, 0) is 16.0 Å². The Bertz CT molecular complexity index is 865. The van der Waals surface area contributed by atoms with Crippen molar-refractivity contribution in [2.75, 3.05) is 28.2 Å². The molecule has 7 nitrogen and oxygen atoms in total. The number of aliphatic carboxylic acids is 1. The van der Waals surface area contributed by atoms with E-state index in [4.69, 9.17) is 5.11 Å². The third-order valence-electron chi connectivity index (χ3n) is 4.18. The van der Waals surface area contributed by atoms with Gasteiger partial charge in [0.25, 0.3) is 0 Å². The summed E-state index contributed by atoms with van der Waals surface area (Å²) in [5.74, 6) is -1.55. The molecule has 0 saturated heterocycles. The molecule has 2 aromatic rings. The summed E-state index contributed by atoms with van der Waals surface area (Å²) in [5.41, 5.74) is 2.64. The minimum absolute atomic E-state index is 0.219. The molecule has 0 bridgehead atoms. The van der Waals surface area contributed by atoms with Gasteiger partial charge in [-0.1, -0.05) is 31.2 Å². The lowest BCUT2D eigenvalue weighted by atomic mass is 10.1. The van der Waals surface area contributed by atoms with Gasteiger partial charge in [-0.25, -0.2) is 4.79 Å². The van der Waals surface area contributed by atoms with Crippen molar-refractivity contribution in [1.29, 1.82) is 0 Å². The van der Waals surface area contributed by atoms with E-state index in [1.165, 1.54) is 9.80 Å². The van der Waals surface area contributed by atoms with E-state index >= 15 is 0 Å². The quantitative estimate of drug-likeness (QED) is 0.884. The van der Waals surface area contributed by atoms with Gasteiger partial charge in [0.2, 0.25) is 5.91 Å². The largest absolute Gasteiger partial charge is 0.480 e.